The van der Waals surface area contributed by atoms with Gasteiger partial charge in [-0.25, -0.2) is 0 Å². The molecule has 0 saturated heterocycles. The second kappa shape index (κ2) is 8.22. The summed E-state index contributed by atoms with van der Waals surface area (Å²) in [7, 11) is 0. The van der Waals surface area contributed by atoms with Crippen LogP contribution in [-0.4, -0.2) is 34.8 Å². The Labute approximate surface area is 108 Å². The summed E-state index contributed by atoms with van der Waals surface area (Å²) >= 11 is 1.18. The molecule has 0 spiro atoms. The standard InChI is InChI=1S/C11H24N4OS/c1-8(2)5-15(6-9(3)4)10(16)7-17-11(12)14-13/h8-9H,5-7,13H2,1-4H3,(H2,12,14). The number of carbonyl (C=O) groups is 1. The maximum atomic E-state index is 12.0. The molecular weight excluding hydrogens is 236 g/mol. The first-order chi connectivity index (χ1) is 7.86. The van der Waals surface area contributed by atoms with Crippen LogP contribution in [0.4, 0.5) is 0 Å². The van der Waals surface area contributed by atoms with Gasteiger partial charge in [0.25, 0.3) is 0 Å². The summed E-state index contributed by atoms with van der Waals surface area (Å²) in [4.78, 5) is 13.9. The van der Waals surface area contributed by atoms with E-state index < -0.39 is 0 Å². The summed E-state index contributed by atoms with van der Waals surface area (Å²) < 4.78 is 0. The normalized spacial score (nSPS) is 12.2. The van der Waals surface area contributed by atoms with Gasteiger partial charge in [0, 0.05) is 13.1 Å². The number of amidine groups is 1. The molecule has 4 N–H and O–H groups in total. The monoisotopic (exact) mass is 260 g/mol. The quantitative estimate of drug-likeness (QED) is 0.323. The lowest BCUT2D eigenvalue weighted by Gasteiger charge is -2.26. The summed E-state index contributed by atoms with van der Waals surface area (Å²) in [5.41, 5.74) is 5.44. The maximum Gasteiger partial charge on any atom is 0.233 e. The van der Waals surface area contributed by atoms with Crippen molar-refractivity contribution in [3.63, 3.8) is 0 Å². The highest BCUT2D eigenvalue weighted by atomic mass is 32.2. The molecule has 0 saturated carbocycles. The third-order valence-electron chi connectivity index (χ3n) is 1.99. The molecule has 100 valence electrons. The fourth-order valence-electron chi connectivity index (χ4n) is 1.42. The first-order valence-electron chi connectivity index (χ1n) is 5.80. The van der Waals surface area contributed by atoms with Gasteiger partial charge in [0.05, 0.1) is 5.75 Å². The van der Waals surface area contributed by atoms with Crippen molar-refractivity contribution in [1.29, 1.82) is 0 Å². The van der Waals surface area contributed by atoms with Gasteiger partial charge in [-0.05, 0) is 11.8 Å². The summed E-state index contributed by atoms with van der Waals surface area (Å²) in [6.07, 6.45) is 0. The van der Waals surface area contributed by atoms with E-state index in [4.69, 9.17) is 11.6 Å². The zero-order valence-corrected chi connectivity index (χ0v) is 12.0. The molecule has 0 aliphatic carbocycles. The third-order valence-corrected chi connectivity index (χ3v) is 2.79. The Hall–Kier alpha value is -0.910. The van der Waals surface area contributed by atoms with Gasteiger partial charge in [-0.2, -0.15) is 5.10 Å². The Bertz CT molecular complexity index is 256. The summed E-state index contributed by atoms with van der Waals surface area (Å²) in [6.45, 7) is 9.95. The number of carbonyl (C=O) groups excluding carboxylic acids is 1. The van der Waals surface area contributed by atoms with Crippen LogP contribution in [0, 0.1) is 11.8 Å². The van der Waals surface area contributed by atoms with Gasteiger partial charge in [-0.3, -0.25) is 4.79 Å². The number of rotatable bonds is 6. The Kier molecular flexibility index (Phi) is 7.78. The molecule has 0 rings (SSSR count). The fourth-order valence-corrected chi connectivity index (χ4v) is 1.95. The van der Waals surface area contributed by atoms with E-state index in [1.165, 1.54) is 11.8 Å². The Morgan fingerprint density at radius 2 is 1.71 bits per heavy atom. The highest BCUT2D eigenvalue weighted by molar-refractivity contribution is 8.14. The van der Waals surface area contributed by atoms with Crippen molar-refractivity contribution in [2.24, 2.45) is 28.5 Å². The third kappa shape index (κ3) is 7.90. The molecule has 5 nitrogen and oxygen atoms in total. The van der Waals surface area contributed by atoms with E-state index in [0.29, 0.717) is 17.6 Å². The predicted molar refractivity (Wildman–Crippen MR) is 74.5 cm³/mol. The van der Waals surface area contributed by atoms with Gasteiger partial charge in [0.2, 0.25) is 5.91 Å². The number of hydrogen-bond donors (Lipinski definition) is 2. The molecule has 0 fully saturated rings. The van der Waals surface area contributed by atoms with E-state index in [-0.39, 0.29) is 11.1 Å². The maximum absolute atomic E-state index is 12.0. The van der Waals surface area contributed by atoms with E-state index >= 15 is 0 Å². The van der Waals surface area contributed by atoms with Crippen molar-refractivity contribution < 1.29 is 4.79 Å². The smallest absolute Gasteiger partial charge is 0.233 e. The van der Waals surface area contributed by atoms with Gasteiger partial charge in [-0.1, -0.05) is 39.5 Å². The Morgan fingerprint density at radius 3 is 2.06 bits per heavy atom. The van der Waals surface area contributed by atoms with Crippen LogP contribution in [-0.2, 0) is 4.79 Å². The van der Waals surface area contributed by atoms with Crippen molar-refractivity contribution in [2.45, 2.75) is 27.7 Å². The molecule has 0 aliphatic rings. The first kappa shape index (κ1) is 16.1. The molecule has 0 aromatic rings. The number of nitrogens with zero attached hydrogens (tertiary/aromatic N) is 2. The van der Waals surface area contributed by atoms with Crippen molar-refractivity contribution >= 4 is 22.8 Å². The van der Waals surface area contributed by atoms with E-state index in [1.54, 1.807) is 0 Å². The molecule has 17 heavy (non-hydrogen) atoms. The van der Waals surface area contributed by atoms with Gasteiger partial charge >= 0.3 is 0 Å². The van der Waals surface area contributed by atoms with Crippen LogP contribution in [0.3, 0.4) is 0 Å². The highest BCUT2D eigenvalue weighted by Crippen LogP contribution is 2.08. The average molecular weight is 260 g/mol. The molecule has 0 radical (unpaired) electrons. The minimum absolute atomic E-state index is 0.0870. The molecule has 1 amide bonds. The van der Waals surface area contributed by atoms with Crippen LogP contribution < -0.4 is 11.6 Å². The lowest BCUT2D eigenvalue weighted by Crippen LogP contribution is -2.38. The van der Waals surface area contributed by atoms with Crippen LogP contribution in [0.1, 0.15) is 27.7 Å². The van der Waals surface area contributed by atoms with Gasteiger partial charge < -0.3 is 16.5 Å². The fraction of sp³-hybridized carbons (Fsp3) is 0.818. The predicted octanol–water partition coefficient (Wildman–Crippen LogP) is 1.05. The SMILES string of the molecule is CC(C)CN(CC(C)C)C(=O)CSC(N)=NN. The molecule has 0 unspecified atom stereocenters. The molecular formula is C11H24N4OS. The number of hydrogen-bond acceptors (Lipinski definition) is 4. The van der Waals surface area contributed by atoms with Gasteiger partial charge in [-0.15, -0.1) is 0 Å². The van der Waals surface area contributed by atoms with E-state index in [9.17, 15) is 4.79 Å². The molecule has 6 heteroatoms. The lowest BCUT2D eigenvalue weighted by atomic mass is 10.1. The zero-order chi connectivity index (χ0) is 13.4. The average Bonchev–Trinajstić information content (AvgIpc) is 2.23. The van der Waals surface area contributed by atoms with Crippen LogP contribution in [0.25, 0.3) is 0 Å². The van der Waals surface area contributed by atoms with Crippen LogP contribution >= 0.6 is 11.8 Å². The number of hydrazone groups is 1. The largest absolute Gasteiger partial charge is 0.377 e. The summed E-state index contributed by atoms with van der Waals surface area (Å²) in [5, 5.41) is 3.57. The second-order valence-electron chi connectivity index (χ2n) is 4.84. The van der Waals surface area contributed by atoms with Gasteiger partial charge in [0.15, 0.2) is 5.17 Å². The molecule has 0 aromatic heterocycles. The van der Waals surface area contributed by atoms with Gasteiger partial charge in [0.1, 0.15) is 0 Å². The van der Waals surface area contributed by atoms with Crippen LogP contribution in [0.15, 0.2) is 5.10 Å². The van der Waals surface area contributed by atoms with E-state index in [2.05, 4.69) is 32.8 Å². The number of amides is 1. The highest BCUT2D eigenvalue weighted by Gasteiger charge is 2.16. The molecule has 0 aromatic carbocycles. The van der Waals surface area contributed by atoms with Crippen LogP contribution in [0.5, 0.6) is 0 Å². The second-order valence-corrected chi connectivity index (χ2v) is 5.84. The molecule has 0 heterocycles. The number of thioether (sulfide) groups is 1. The minimum Gasteiger partial charge on any atom is -0.377 e. The van der Waals surface area contributed by atoms with Crippen molar-refractivity contribution in [3.05, 3.63) is 0 Å². The Balaban J connectivity index is 4.31. The first-order valence-corrected chi connectivity index (χ1v) is 6.79. The lowest BCUT2D eigenvalue weighted by molar-refractivity contribution is -0.129. The Morgan fingerprint density at radius 1 is 1.24 bits per heavy atom. The van der Waals surface area contributed by atoms with Crippen LogP contribution in [0.2, 0.25) is 0 Å². The molecule has 0 aliphatic heterocycles. The summed E-state index contributed by atoms with van der Waals surface area (Å²) in [5.74, 6) is 6.32. The van der Waals surface area contributed by atoms with Crippen molar-refractivity contribution in [1.82, 2.24) is 4.90 Å². The number of nitrogens with two attached hydrogens (primary N) is 2. The molecule has 0 bridgehead atoms. The summed E-state index contributed by atoms with van der Waals surface area (Å²) in [6, 6.07) is 0. The van der Waals surface area contributed by atoms with Crippen molar-refractivity contribution in [2.75, 3.05) is 18.8 Å². The molecule has 0 atom stereocenters. The minimum atomic E-state index is 0.0870. The topological polar surface area (TPSA) is 84.7 Å². The van der Waals surface area contributed by atoms with Crippen molar-refractivity contribution in [3.8, 4) is 0 Å². The van der Waals surface area contributed by atoms with E-state index in [0.717, 1.165) is 13.1 Å². The van der Waals surface area contributed by atoms with E-state index in [1.807, 2.05) is 4.90 Å². The zero-order valence-electron chi connectivity index (χ0n) is 11.1.